The zero-order chi connectivity index (χ0) is 58.5. The van der Waals surface area contributed by atoms with E-state index in [1.165, 1.54) is 114 Å². The SMILES string of the molecule is CCCCCCCCCC(OC)c1cccc(-c2csc(C(=O)c3cc(Cl)c(C=C(C)C(=O)[O-])c(Cl)c3)n2)c1F.CCCCCCCCCC(OC)c1cccc(-c2csc(C(=O)c3cc(Cl)c(C=C(C)C(=O)[O-])c(Cl)c3)n2)c1F.[Na+].[Na+]. The fourth-order valence-electron chi connectivity index (χ4n) is 8.87. The first-order valence-electron chi connectivity index (χ1n) is 26.8. The molecule has 0 saturated carbocycles. The zero-order valence-corrected chi connectivity index (χ0v) is 56.5. The van der Waals surface area contributed by atoms with Crippen molar-refractivity contribution in [2.24, 2.45) is 0 Å². The molecule has 2 unspecified atom stereocenters. The van der Waals surface area contributed by atoms with Crippen LogP contribution in [0.25, 0.3) is 34.7 Å². The Morgan fingerprint density at radius 1 is 0.549 bits per heavy atom. The minimum Gasteiger partial charge on any atom is -0.545 e. The van der Waals surface area contributed by atoms with Crippen LogP contribution < -0.4 is 69.3 Å². The molecule has 10 nitrogen and oxygen atoms in total. The average molecular weight is 1260 g/mol. The molecule has 6 aromatic rings. The molecule has 6 rings (SSSR count). The third-order valence-electron chi connectivity index (χ3n) is 13.5. The second-order valence-corrected chi connectivity index (χ2v) is 22.7. The molecule has 4 aromatic carbocycles. The van der Waals surface area contributed by atoms with E-state index >= 15 is 8.78 Å². The summed E-state index contributed by atoms with van der Waals surface area (Å²) in [5.74, 6) is -4.39. The van der Waals surface area contributed by atoms with Crippen LogP contribution in [0.3, 0.4) is 0 Å². The van der Waals surface area contributed by atoms with Crippen molar-refractivity contribution >= 4 is 105 Å². The molecule has 0 N–H and O–H groups in total. The van der Waals surface area contributed by atoms with Crippen molar-refractivity contribution < 1.29 is 107 Å². The summed E-state index contributed by atoms with van der Waals surface area (Å²) in [6.45, 7) is 7.12. The third kappa shape index (κ3) is 21.1. The van der Waals surface area contributed by atoms with Gasteiger partial charge >= 0.3 is 59.1 Å². The number of carboxylic acid groups (broad SMARTS) is 2. The van der Waals surface area contributed by atoms with Crippen molar-refractivity contribution in [1.29, 1.82) is 0 Å². The summed E-state index contributed by atoms with van der Waals surface area (Å²) in [5.41, 5.74) is 3.01. The maximum atomic E-state index is 15.7. The van der Waals surface area contributed by atoms with Crippen LogP contribution in [0.1, 0.15) is 196 Å². The van der Waals surface area contributed by atoms with E-state index in [-0.39, 0.29) is 135 Å². The van der Waals surface area contributed by atoms with E-state index in [2.05, 4.69) is 23.8 Å². The zero-order valence-electron chi connectivity index (χ0n) is 47.8. The van der Waals surface area contributed by atoms with Crippen molar-refractivity contribution in [3.05, 3.63) is 158 Å². The van der Waals surface area contributed by atoms with Gasteiger partial charge in [-0.15, -0.1) is 22.7 Å². The van der Waals surface area contributed by atoms with Gasteiger partial charge in [0.15, 0.2) is 10.0 Å². The number of carbonyl (C=O) groups excluding carboxylic acids is 4. The van der Waals surface area contributed by atoms with E-state index < -0.39 is 35.1 Å². The maximum Gasteiger partial charge on any atom is 1.00 e. The number of thiazole rings is 2. The molecule has 2 atom stereocenters. The van der Waals surface area contributed by atoms with E-state index in [4.69, 9.17) is 55.9 Å². The van der Waals surface area contributed by atoms with Gasteiger partial charge in [0.25, 0.3) is 0 Å². The van der Waals surface area contributed by atoms with Crippen molar-refractivity contribution in [2.45, 2.75) is 143 Å². The number of hydrogen-bond donors (Lipinski definition) is 0. The van der Waals surface area contributed by atoms with Crippen LogP contribution in [-0.2, 0) is 19.1 Å². The van der Waals surface area contributed by atoms with E-state index in [0.29, 0.717) is 33.6 Å². The number of halogens is 6. The number of ketones is 2. The van der Waals surface area contributed by atoms with E-state index in [9.17, 15) is 29.4 Å². The first-order chi connectivity index (χ1) is 38.3. The van der Waals surface area contributed by atoms with Crippen molar-refractivity contribution in [1.82, 2.24) is 9.97 Å². The van der Waals surface area contributed by atoms with Crippen LogP contribution in [0.15, 0.2) is 82.6 Å². The Balaban J connectivity index is 0.000000420. The van der Waals surface area contributed by atoms with Gasteiger partial charge in [-0.05, 0) is 86.4 Å². The summed E-state index contributed by atoms with van der Waals surface area (Å²) in [5, 5.41) is 26.1. The summed E-state index contributed by atoms with van der Waals surface area (Å²) in [4.78, 5) is 57.3. The van der Waals surface area contributed by atoms with Crippen LogP contribution >= 0.6 is 69.1 Å². The average Bonchev–Trinajstić information content (AvgIpc) is 4.32. The van der Waals surface area contributed by atoms with Gasteiger partial charge in [0.2, 0.25) is 11.6 Å². The number of carboxylic acids is 2. The number of ether oxygens (including phenoxy) is 2. The molecule has 2 aromatic heterocycles. The van der Waals surface area contributed by atoms with Crippen molar-refractivity contribution in [3.63, 3.8) is 0 Å². The monoisotopic (exact) mass is 1250 g/mol. The normalized spacial score (nSPS) is 12.2. The number of methoxy groups -OCH3 is 2. The smallest absolute Gasteiger partial charge is 0.545 e. The molecule has 0 amide bonds. The van der Waals surface area contributed by atoms with Crippen LogP contribution in [-0.4, -0.2) is 47.7 Å². The molecular weight excluding hydrogens is 1190 g/mol. The Labute approximate surface area is 553 Å². The molecule has 0 aliphatic heterocycles. The first kappa shape index (κ1) is 73.1. The topological polar surface area (TPSA) is 159 Å². The maximum absolute atomic E-state index is 15.7. The number of carbonyl (C=O) groups is 4. The Morgan fingerprint density at radius 3 is 1.17 bits per heavy atom. The standard InChI is InChI=1S/2C31H34Cl2FNO4S.2Na/c2*1-4-5-6-7-8-9-10-14-27(39-3)22-13-11-12-21(28(22)34)26-18-40-30(35-26)29(36)20-16-24(32)23(25(33)17-20)15-19(2)31(37)38;;/h2*11-13,15-18,27H,4-10,14H2,1-3H3,(H,37,38);;/q;;2*+1/p-2. The molecule has 0 aliphatic carbocycles. The fraction of sp³-hybridized carbons (Fsp3) is 0.387. The number of aliphatic carboxylic acids is 2. The van der Waals surface area contributed by atoms with Crippen LogP contribution in [0.4, 0.5) is 8.78 Å². The van der Waals surface area contributed by atoms with Crippen molar-refractivity contribution in [2.75, 3.05) is 14.2 Å². The second-order valence-electron chi connectivity index (χ2n) is 19.4. The molecule has 0 aliphatic rings. The predicted octanol–water partition coefficient (Wildman–Crippen LogP) is 10.9. The van der Waals surface area contributed by atoms with Gasteiger partial charge in [-0.3, -0.25) is 9.59 Å². The van der Waals surface area contributed by atoms with Crippen LogP contribution in [0.2, 0.25) is 20.1 Å². The number of aromatic nitrogens is 2. The summed E-state index contributed by atoms with van der Waals surface area (Å²) in [7, 11) is 3.18. The second kappa shape index (κ2) is 37.4. The summed E-state index contributed by atoms with van der Waals surface area (Å²) < 4.78 is 42.6. The van der Waals surface area contributed by atoms with Gasteiger partial charge in [-0.2, -0.15) is 0 Å². The molecule has 0 bridgehead atoms. The number of rotatable bonds is 30. The van der Waals surface area contributed by atoms with Gasteiger partial charge in [0.1, 0.15) is 11.6 Å². The molecule has 428 valence electrons. The first-order valence-corrected chi connectivity index (χ1v) is 30.0. The molecule has 82 heavy (non-hydrogen) atoms. The number of unbranched alkanes of at least 4 members (excludes halogenated alkanes) is 12. The quantitative estimate of drug-likeness (QED) is 0.0184. The molecule has 20 heteroatoms. The van der Waals surface area contributed by atoms with Crippen LogP contribution in [0, 0.1) is 11.6 Å². The van der Waals surface area contributed by atoms with Gasteiger partial charge in [0.05, 0.1) is 55.6 Å². The summed E-state index contributed by atoms with van der Waals surface area (Å²) >= 11 is 27.4. The predicted molar refractivity (Wildman–Crippen MR) is 317 cm³/mol. The molecule has 0 fully saturated rings. The van der Waals surface area contributed by atoms with Crippen molar-refractivity contribution in [3.8, 4) is 22.5 Å². The number of hydrogen-bond acceptors (Lipinski definition) is 12. The molecule has 0 radical (unpaired) electrons. The Bertz CT molecular complexity index is 2920. The summed E-state index contributed by atoms with van der Waals surface area (Å²) in [6, 6.07) is 15.9. The molecular formula is C62H66Cl4F2N2Na2O8S2. The molecule has 0 saturated heterocycles. The largest absolute Gasteiger partial charge is 1.00 e. The van der Waals surface area contributed by atoms with Gasteiger partial charge in [-0.1, -0.05) is 174 Å². The third-order valence-corrected chi connectivity index (χ3v) is 16.4. The van der Waals surface area contributed by atoms with Crippen LogP contribution in [0.5, 0.6) is 0 Å². The summed E-state index contributed by atoms with van der Waals surface area (Å²) in [6.07, 6.45) is 19.6. The molecule has 0 spiro atoms. The van der Waals surface area contributed by atoms with E-state index in [1.807, 2.05) is 0 Å². The van der Waals surface area contributed by atoms with Gasteiger partial charge in [0, 0.05) is 69.5 Å². The fourth-order valence-corrected chi connectivity index (χ4v) is 11.6. The molecule has 2 heterocycles. The Hall–Kier alpha value is -3.16. The van der Waals surface area contributed by atoms with Gasteiger partial charge in [-0.25, -0.2) is 18.7 Å². The number of nitrogens with zero attached hydrogens (tertiary/aromatic N) is 2. The Kier molecular flexibility index (Phi) is 33.3. The Morgan fingerprint density at radius 2 is 0.866 bits per heavy atom. The van der Waals surface area contributed by atoms with E-state index in [1.54, 1.807) is 61.4 Å². The minimum absolute atomic E-state index is 0. The minimum atomic E-state index is -1.35. The van der Waals surface area contributed by atoms with E-state index in [0.717, 1.165) is 61.2 Å². The number of benzene rings is 4. The van der Waals surface area contributed by atoms with Gasteiger partial charge < -0.3 is 29.3 Å².